The first-order valence-corrected chi connectivity index (χ1v) is 7.90. The number of ether oxygens (including phenoxy) is 1. The number of nitrogens with zero attached hydrogens (tertiary/aromatic N) is 1. The molecule has 0 aromatic heterocycles. The summed E-state index contributed by atoms with van der Waals surface area (Å²) in [6.07, 6.45) is 6.68. The monoisotopic (exact) mass is 274 g/mol. The zero-order valence-corrected chi connectivity index (χ0v) is 12.2. The van der Waals surface area contributed by atoms with Gasteiger partial charge in [-0.15, -0.1) is 0 Å². The van der Waals surface area contributed by atoms with Crippen molar-refractivity contribution < 1.29 is 8.85 Å². The van der Waals surface area contributed by atoms with Crippen LogP contribution in [0, 0.1) is 5.92 Å². The van der Waals surface area contributed by atoms with Gasteiger partial charge < -0.3 is 9.64 Å². The van der Waals surface area contributed by atoms with Crippen LogP contribution in [0.1, 0.15) is 47.3 Å². The molecule has 2 heteroatoms. The minimum Gasteiger partial charge on any atom is -0.497 e. The van der Waals surface area contributed by atoms with Gasteiger partial charge in [-0.05, 0) is 68.4 Å². The smallest absolute Gasteiger partial charge is 0.119 e. The number of methoxy groups -OCH3 is 1. The van der Waals surface area contributed by atoms with Crippen LogP contribution in [0.4, 0.5) is 0 Å². The number of hydrogen-bond donors (Lipinski definition) is 0. The Morgan fingerprint density at radius 1 is 1.35 bits per heavy atom. The fourth-order valence-electron chi connectivity index (χ4n) is 5.11. The molecule has 1 saturated heterocycles. The molecule has 0 radical (unpaired) electrons. The van der Waals surface area contributed by atoms with Crippen LogP contribution in [0.25, 0.3) is 0 Å². The number of fused-ring (bicyclic) bond motifs is 1. The van der Waals surface area contributed by atoms with Gasteiger partial charge in [-0.3, -0.25) is 0 Å². The van der Waals surface area contributed by atoms with Crippen LogP contribution >= 0.6 is 0 Å². The summed E-state index contributed by atoms with van der Waals surface area (Å²) in [5.74, 6) is 1.41. The molecule has 0 spiro atoms. The largest absolute Gasteiger partial charge is 0.497 e. The number of benzene rings is 1. The topological polar surface area (TPSA) is 12.5 Å². The highest BCUT2D eigenvalue weighted by Crippen LogP contribution is 2.55. The van der Waals surface area contributed by atoms with Gasteiger partial charge >= 0.3 is 0 Å². The Morgan fingerprint density at radius 3 is 3.15 bits per heavy atom. The minimum atomic E-state index is -1.97. The molecule has 0 unspecified atom stereocenters. The normalized spacial score (nSPS) is 39.0. The molecule has 2 fully saturated rings. The van der Waals surface area contributed by atoms with E-state index >= 15 is 0 Å². The highest BCUT2D eigenvalue weighted by atomic mass is 16.5. The van der Waals surface area contributed by atoms with Crippen molar-refractivity contribution in [2.45, 2.75) is 50.0 Å². The van der Waals surface area contributed by atoms with Gasteiger partial charge in [0.2, 0.25) is 0 Å². The number of rotatable bonds is 1. The predicted molar refractivity (Wildman–Crippen MR) is 81.4 cm³/mol. The lowest BCUT2D eigenvalue weighted by Gasteiger charge is -2.58. The van der Waals surface area contributed by atoms with Gasteiger partial charge in [0.1, 0.15) is 5.75 Å². The molecule has 4 rings (SSSR count). The summed E-state index contributed by atoms with van der Waals surface area (Å²) in [5.41, 5.74) is 2.96. The van der Waals surface area contributed by atoms with Gasteiger partial charge in [-0.25, -0.2) is 0 Å². The maximum atomic E-state index is 7.94. The molecule has 2 nitrogen and oxygen atoms in total. The lowest BCUT2D eigenvalue weighted by Crippen LogP contribution is -2.59. The van der Waals surface area contributed by atoms with Crippen molar-refractivity contribution in [2.24, 2.45) is 5.92 Å². The SMILES string of the molecule is [2H]C([2H])([2H])N1CC[C@]23CCCC[C@H]2[C@H]1Cc1ccc(OC)cc13. The van der Waals surface area contributed by atoms with Crippen LogP contribution in [0.5, 0.6) is 5.75 Å². The Kier molecular flexibility index (Phi) is 2.21. The maximum Gasteiger partial charge on any atom is 0.119 e. The van der Waals surface area contributed by atoms with E-state index in [4.69, 9.17) is 8.85 Å². The van der Waals surface area contributed by atoms with Gasteiger partial charge in [0.15, 0.2) is 0 Å². The van der Waals surface area contributed by atoms with E-state index in [1.807, 2.05) is 11.0 Å². The fourth-order valence-corrected chi connectivity index (χ4v) is 5.11. The highest BCUT2D eigenvalue weighted by molar-refractivity contribution is 5.45. The van der Waals surface area contributed by atoms with Crippen molar-refractivity contribution >= 4 is 0 Å². The molecule has 2 bridgehead atoms. The first kappa shape index (κ1) is 9.83. The van der Waals surface area contributed by atoms with E-state index in [2.05, 4.69) is 12.1 Å². The number of likely N-dealkylation sites (N-methyl/N-ethyl adjacent to an activating group) is 1. The Bertz CT molecular complexity index is 615. The zero-order valence-electron chi connectivity index (χ0n) is 15.2. The Balaban J connectivity index is 1.84. The van der Waals surface area contributed by atoms with Crippen molar-refractivity contribution in [2.75, 3.05) is 20.6 Å². The van der Waals surface area contributed by atoms with Crippen molar-refractivity contribution in [1.29, 1.82) is 0 Å². The van der Waals surface area contributed by atoms with E-state index in [-0.39, 0.29) is 11.5 Å². The van der Waals surface area contributed by atoms with Gasteiger partial charge in [-0.1, -0.05) is 18.9 Å². The Labute approximate surface area is 126 Å². The Morgan fingerprint density at radius 2 is 2.30 bits per heavy atom. The standard InChI is InChI=1S/C18H25NO/c1-19-10-9-18-8-4-3-5-15(18)17(19)11-13-6-7-14(20-2)12-16(13)18/h6-7,12,15,17H,3-5,8-11H2,1-2H3/t15-,17+,18+/m0/s1/i1D3. The molecular formula is C18H25NO. The lowest BCUT2D eigenvalue weighted by molar-refractivity contribution is 0.00274. The first-order valence-electron chi connectivity index (χ1n) is 9.40. The van der Waals surface area contributed by atoms with Crippen molar-refractivity contribution in [3.05, 3.63) is 29.3 Å². The summed E-state index contributed by atoms with van der Waals surface area (Å²) in [6.45, 7) is -1.29. The van der Waals surface area contributed by atoms with Gasteiger partial charge in [0.25, 0.3) is 0 Å². The summed E-state index contributed by atoms with van der Waals surface area (Å²) in [6, 6.07) is 6.58. The second kappa shape index (κ2) is 4.49. The molecule has 108 valence electrons. The summed E-state index contributed by atoms with van der Waals surface area (Å²) in [5, 5.41) is 0. The summed E-state index contributed by atoms with van der Waals surface area (Å²) in [4.78, 5) is 1.81. The Hall–Kier alpha value is -1.02. The molecule has 1 aromatic rings. The molecule has 1 aromatic carbocycles. The number of hydrogen-bond acceptors (Lipinski definition) is 2. The summed E-state index contributed by atoms with van der Waals surface area (Å²) < 4.78 is 29.3. The third-order valence-corrected chi connectivity index (χ3v) is 6.04. The van der Waals surface area contributed by atoms with Crippen molar-refractivity contribution in [3.8, 4) is 5.75 Å². The molecule has 1 saturated carbocycles. The third kappa shape index (κ3) is 1.60. The van der Waals surface area contributed by atoms with Crippen molar-refractivity contribution in [1.82, 2.24) is 4.90 Å². The maximum absolute atomic E-state index is 7.94. The second-order valence-corrected chi connectivity index (χ2v) is 6.75. The molecule has 0 amide bonds. The average Bonchev–Trinajstić information content (AvgIpc) is 2.53. The van der Waals surface area contributed by atoms with E-state index in [0.29, 0.717) is 12.5 Å². The second-order valence-electron chi connectivity index (χ2n) is 6.75. The number of piperidine rings is 1. The molecule has 3 atom stereocenters. The summed E-state index contributed by atoms with van der Waals surface area (Å²) in [7, 11) is 1.72. The first-order chi connectivity index (χ1) is 11.0. The van der Waals surface area contributed by atoms with E-state index in [9.17, 15) is 0 Å². The van der Waals surface area contributed by atoms with Crippen LogP contribution in [-0.4, -0.2) is 31.6 Å². The van der Waals surface area contributed by atoms with Crippen LogP contribution in [0.3, 0.4) is 0 Å². The fraction of sp³-hybridized carbons (Fsp3) is 0.667. The minimum absolute atomic E-state index is 0.164. The average molecular weight is 274 g/mol. The van der Waals surface area contributed by atoms with E-state index in [0.717, 1.165) is 25.0 Å². The van der Waals surface area contributed by atoms with Gasteiger partial charge in [0, 0.05) is 15.6 Å². The predicted octanol–water partition coefficient (Wildman–Crippen LogP) is 3.38. The van der Waals surface area contributed by atoms with E-state index in [1.54, 1.807) is 7.11 Å². The van der Waals surface area contributed by atoms with Gasteiger partial charge in [-0.2, -0.15) is 0 Å². The molecule has 1 heterocycles. The summed E-state index contributed by atoms with van der Waals surface area (Å²) >= 11 is 0. The van der Waals surface area contributed by atoms with Crippen LogP contribution in [0.15, 0.2) is 18.2 Å². The molecular weight excluding hydrogens is 246 g/mol. The number of likely N-dealkylation sites (tertiary alicyclic amines) is 1. The zero-order chi connectivity index (χ0) is 16.2. The van der Waals surface area contributed by atoms with Crippen LogP contribution in [0.2, 0.25) is 0 Å². The van der Waals surface area contributed by atoms with Crippen molar-refractivity contribution in [3.63, 3.8) is 0 Å². The molecule has 1 aliphatic heterocycles. The molecule has 0 N–H and O–H groups in total. The van der Waals surface area contributed by atoms with Crippen LogP contribution in [-0.2, 0) is 11.8 Å². The molecule has 3 aliphatic rings. The molecule has 2 aliphatic carbocycles. The highest BCUT2D eigenvalue weighted by Gasteiger charge is 2.53. The lowest BCUT2D eigenvalue weighted by atomic mass is 9.52. The van der Waals surface area contributed by atoms with E-state index < -0.39 is 6.98 Å². The van der Waals surface area contributed by atoms with Gasteiger partial charge in [0.05, 0.1) is 7.11 Å². The molecule has 20 heavy (non-hydrogen) atoms. The third-order valence-electron chi connectivity index (χ3n) is 6.04. The quantitative estimate of drug-likeness (QED) is 0.778. The van der Waals surface area contributed by atoms with E-state index in [1.165, 1.54) is 30.4 Å². The van der Waals surface area contributed by atoms with Crippen LogP contribution < -0.4 is 4.74 Å².